The summed E-state index contributed by atoms with van der Waals surface area (Å²) in [6.45, 7) is 1.57. The van der Waals surface area contributed by atoms with Crippen LogP contribution in [0.3, 0.4) is 0 Å². The monoisotopic (exact) mass is 470 g/mol. The van der Waals surface area contributed by atoms with Crippen molar-refractivity contribution in [3.63, 3.8) is 0 Å². The number of carbonyl (C=O) groups is 1. The van der Waals surface area contributed by atoms with Crippen LogP contribution in [0.25, 0.3) is 11.4 Å². The van der Waals surface area contributed by atoms with Gasteiger partial charge in [-0.1, -0.05) is 35.5 Å². The summed E-state index contributed by atoms with van der Waals surface area (Å²) < 4.78 is 46.8. The molecule has 6 nitrogen and oxygen atoms in total. The van der Waals surface area contributed by atoms with Gasteiger partial charge in [-0.25, -0.2) is 0 Å². The standard InChI is InChI=1S/C20H18ClF3N4O2S/c1-11(18(29)25-15-9-8-12(21)10-14(15)20(22,23)24)31-19-27-26-17(28(19)2)13-6-4-5-7-16(13)30-3/h4-11H,1-3H3,(H,25,29). The first kappa shape index (κ1) is 23.0. The van der Waals surface area contributed by atoms with E-state index in [0.29, 0.717) is 16.7 Å². The van der Waals surface area contributed by atoms with Gasteiger partial charge in [0.2, 0.25) is 5.91 Å². The highest BCUT2D eigenvalue weighted by atomic mass is 35.5. The van der Waals surface area contributed by atoms with Gasteiger partial charge in [0.15, 0.2) is 11.0 Å². The normalized spacial score (nSPS) is 12.5. The van der Waals surface area contributed by atoms with Gasteiger partial charge in [0.05, 0.1) is 29.2 Å². The number of halogens is 4. The molecule has 0 fully saturated rings. The molecule has 11 heteroatoms. The fourth-order valence-corrected chi connectivity index (χ4v) is 3.77. The van der Waals surface area contributed by atoms with E-state index in [2.05, 4.69) is 15.5 Å². The summed E-state index contributed by atoms with van der Waals surface area (Å²) in [7, 11) is 3.28. The van der Waals surface area contributed by atoms with Crippen LogP contribution < -0.4 is 10.1 Å². The number of para-hydroxylation sites is 1. The number of hydrogen-bond donors (Lipinski definition) is 1. The third-order valence-corrected chi connectivity index (χ3v) is 5.75. The molecule has 0 radical (unpaired) electrons. The molecule has 0 saturated heterocycles. The van der Waals surface area contributed by atoms with Crippen molar-refractivity contribution in [2.24, 2.45) is 7.05 Å². The minimum Gasteiger partial charge on any atom is -0.496 e. The molecular weight excluding hydrogens is 453 g/mol. The molecule has 3 rings (SSSR count). The van der Waals surface area contributed by atoms with Crippen molar-refractivity contribution in [3.05, 3.63) is 53.1 Å². The van der Waals surface area contributed by atoms with E-state index < -0.39 is 22.9 Å². The Labute approximate surface area is 185 Å². The molecular formula is C20H18ClF3N4O2S. The third-order valence-electron chi connectivity index (χ3n) is 4.38. The van der Waals surface area contributed by atoms with Gasteiger partial charge in [-0.05, 0) is 37.3 Å². The van der Waals surface area contributed by atoms with Gasteiger partial charge in [-0.15, -0.1) is 10.2 Å². The van der Waals surface area contributed by atoms with Crippen LogP contribution in [0, 0.1) is 0 Å². The van der Waals surface area contributed by atoms with Crippen molar-refractivity contribution < 1.29 is 22.7 Å². The number of nitrogens with one attached hydrogen (secondary N) is 1. The minimum atomic E-state index is -4.66. The largest absolute Gasteiger partial charge is 0.496 e. The molecule has 0 aliphatic carbocycles. The zero-order valence-corrected chi connectivity index (χ0v) is 18.3. The fraction of sp³-hybridized carbons (Fsp3) is 0.250. The highest BCUT2D eigenvalue weighted by Crippen LogP contribution is 2.37. The average Bonchev–Trinajstić information content (AvgIpc) is 3.08. The van der Waals surface area contributed by atoms with Crippen molar-refractivity contribution in [1.82, 2.24) is 14.8 Å². The molecule has 0 saturated carbocycles. The van der Waals surface area contributed by atoms with Crippen molar-refractivity contribution in [2.75, 3.05) is 12.4 Å². The lowest BCUT2D eigenvalue weighted by Crippen LogP contribution is -2.24. The van der Waals surface area contributed by atoms with Crippen LogP contribution in [0.15, 0.2) is 47.6 Å². The van der Waals surface area contributed by atoms with Gasteiger partial charge in [0, 0.05) is 12.1 Å². The Kier molecular flexibility index (Phi) is 6.80. The molecule has 1 N–H and O–H groups in total. The third kappa shape index (κ3) is 5.13. The Bertz CT molecular complexity index is 1100. The van der Waals surface area contributed by atoms with Gasteiger partial charge < -0.3 is 14.6 Å². The second-order valence-corrected chi connectivity index (χ2v) is 8.25. The molecule has 0 aliphatic heterocycles. The van der Waals surface area contributed by atoms with Crippen LogP contribution in [0.2, 0.25) is 5.02 Å². The molecule has 0 bridgehead atoms. The summed E-state index contributed by atoms with van der Waals surface area (Å²) in [5.74, 6) is 0.534. The molecule has 3 aromatic rings. The maximum atomic E-state index is 13.3. The quantitative estimate of drug-likeness (QED) is 0.496. The molecule has 1 amide bonds. The highest BCUT2D eigenvalue weighted by molar-refractivity contribution is 8.00. The maximum Gasteiger partial charge on any atom is 0.418 e. The summed E-state index contributed by atoms with van der Waals surface area (Å²) in [6, 6.07) is 10.5. The minimum absolute atomic E-state index is 0.0734. The first-order valence-electron chi connectivity index (χ1n) is 8.99. The van der Waals surface area contributed by atoms with Crippen LogP contribution in [-0.4, -0.2) is 33.0 Å². The molecule has 2 aromatic carbocycles. The number of ether oxygens (including phenoxy) is 1. The van der Waals surface area contributed by atoms with Crippen molar-refractivity contribution in [1.29, 1.82) is 0 Å². The maximum absolute atomic E-state index is 13.3. The average molecular weight is 471 g/mol. The molecule has 164 valence electrons. The molecule has 1 unspecified atom stereocenters. The summed E-state index contributed by atoms with van der Waals surface area (Å²) in [6.07, 6.45) is -4.66. The van der Waals surface area contributed by atoms with Crippen LogP contribution in [0.4, 0.5) is 18.9 Å². The van der Waals surface area contributed by atoms with E-state index in [-0.39, 0.29) is 10.7 Å². The van der Waals surface area contributed by atoms with Gasteiger partial charge in [-0.3, -0.25) is 4.79 Å². The molecule has 0 aliphatic rings. The Morgan fingerprint density at radius 3 is 2.61 bits per heavy atom. The first-order chi connectivity index (χ1) is 14.6. The zero-order valence-electron chi connectivity index (χ0n) is 16.7. The lowest BCUT2D eigenvalue weighted by molar-refractivity contribution is -0.137. The van der Waals surface area contributed by atoms with Gasteiger partial charge in [-0.2, -0.15) is 13.2 Å². The summed E-state index contributed by atoms with van der Waals surface area (Å²) in [5.41, 5.74) is -0.648. The number of anilines is 1. The fourth-order valence-electron chi connectivity index (χ4n) is 2.79. The number of hydrogen-bond acceptors (Lipinski definition) is 5. The van der Waals surface area contributed by atoms with E-state index in [9.17, 15) is 18.0 Å². The van der Waals surface area contributed by atoms with E-state index in [1.165, 1.54) is 6.07 Å². The van der Waals surface area contributed by atoms with Crippen molar-refractivity contribution >= 4 is 35.0 Å². The smallest absolute Gasteiger partial charge is 0.418 e. The zero-order chi connectivity index (χ0) is 22.8. The van der Waals surface area contributed by atoms with Crippen molar-refractivity contribution in [3.8, 4) is 17.1 Å². The Morgan fingerprint density at radius 2 is 1.94 bits per heavy atom. The number of methoxy groups -OCH3 is 1. The van der Waals surface area contributed by atoms with Crippen LogP contribution in [0.1, 0.15) is 12.5 Å². The number of rotatable bonds is 6. The lowest BCUT2D eigenvalue weighted by atomic mass is 10.1. The van der Waals surface area contributed by atoms with E-state index in [4.69, 9.17) is 16.3 Å². The van der Waals surface area contributed by atoms with Crippen LogP contribution >= 0.6 is 23.4 Å². The first-order valence-corrected chi connectivity index (χ1v) is 10.2. The number of carbonyl (C=O) groups excluding carboxylic acids is 1. The Hall–Kier alpha value is -2.72. The number of aromatic nitrogens is 3. The lowest BCUT2D eigenvalue weighted by Gasteiger charge is -2.16. The van der Waals surface area contributed by atoms with Crippen molar-refractivity contribution in [2.45, 2.75) is 23.5 Å². The number of thioether (sulfide) groups is 1. The van der Waals surface area contributed by atoms with E-state index >= 15 is 0 Å². The van der Waals surface area contributed by atoms with Gasteiger partial charge in [0.1, 0.15) is 5.75 Å². The molecule has 1 heterocycles. The second kappa shape index (κ2) is 9.19. The van der Waals surface area contributed by atoms with Gasteiger partial charge in [0.25, 0.3) is 0 Å². The summed E-state index contributed by atoms with van der Waals surface area (Å²) in [4.78, 5) is 12.6. The van der Waals surface area contributed by atoms with Gasteiger partial charge >= 0.3 is 6.18 Å². The Morgan fingerprint density at radius 1 is 1.23 bits per heavy atom. The molecule has 1 aromatic heterocycles. The van der Waals surface area contributed by atoms with E-state index in [0.717, 1.165) is 29.5 Å². The summed E-state index contributed by atoms with van der Waals surface area (Å²) >= 11 is 6.75. The highest BCUT2D eigenvalue weighted by Gasteiger charge is 2.34. The number of alkyl halides is 3. The molecule has 31 heavy (non-hydrogen) atoms. The van der Waals surface area contributed by atoms with E-state index in [1.807, 2.05) is 18.2 Å². The Balaban J connectivity index is 1.78. The number of benzene rings is 2. The molecule has 1 atom stereocenters. The van der Waals surface area contributed by atoms with Crippen LogP contribution in [0.5, 0.6) is 5.75 Å². The molecule has 0 spiro atoms. The number of nitrogens with zero attached hydrogens (tertiary/aromatic N) is 3. The predicted octanol–water partition coefficient (Wildman–Crippen LogP) is 5.28. The second-order valence-electron chi connectivity index (χ2n) is 6.50. The predicted molar refractivity (Wildman–Crippen MR) is 113 cm³/mol. The summed E-state index contributed by atoms with van der Waals surface area (Å²) in [5, 5.41) is 10.2. The van der Waals surface area contributed by atoms with E-state index in [1.54, 1.807) is 31.7 Å². The topological polar surface area (TPSA) is 69.0 Å². The number of amides is 1. The SMILES string of the molecule is COc1ccccc1-c1nnc(SC(C)C(=O)Nc2ccc(Cl)cc2C(F)(F)F)n1C. The van der Waals surface area contributed by atoms with Crippen LogP contribution in [-0.2, 0) is 18.0 Å².